The van der Waals surface area contributed by atoms with Gasteiger partial charge in [0.15, 0.2) is 0 Å². The number of aryl methyl sites for hydroxylation is 1. The molecule has 0 unspecified atom stereocenters. The number of anilines is 1. The van der Waals surface area contributed by atoms with Crippen LogP contribution in [0.2, 0.25) is 5.02 Å². The number of ether oxygens (including phenoxy) is 1. The molecule has 2 amide bonds. The van der Waals surface area contributed by atoms with Crippen molar-refractivity contribution >= 4 is 29.2 Å². The topological polar surface area (TPSA) is 76.5 Å². The Balaban J connectivity index is 1.86. The highest BCUT2D eigenvalue weighted by Gasteiger charge is 2.24. The zero-order chi connectivity index (χ0) is 25.6. The van der Waals surface area contributed by atoms with Crippen LogP contribution in [0.4, 0.5) is 5.82 Å². The molecular formula is C27H33ClN4O3. The number of hydrogen-bond donors (Lipinski definition) is 1. The highest BCUT2D eigenvalue weighted by Crippen LogP contribution is 2.29. The number of hydrogen-bond acceptors (Lipinski definition) is 4. The minimum absolute atomic E-state index is 0.102. The summed E-state index contributed by atoms with van der Waals surface area (Å²) in [6, 6.07) is 16.5. The molecule has 0 saturated heterocycles. The molecule has 0 radical (unpaired) electrons. The molecule has 0 fully saturated rings. The number of methoxy groups -OCH3 is 1. The molecule has 1 aromatic heterocycles. The van der Waals surface area contributed by atoms with Gasteiger partial charge in [-0.15, -0.1) is 0 Å². The first-order valence-electron chi connectivity index (χ1n) is 11.6. The fraction of sp³-hybridized carbons (Fsp3) is 0.370. The summed E-state index contributed by atoms with van der Waals surface area (Å²) in [5.41, 5.74) is 2.83. The van der Waals surface area contributed by atoms with E-state index in [2.05, 4.69) is 26.1 Å². The third-order valence-electron chi connectivity index (χ3n) is 5.52. The summed E-state index contributed by atoms with van der Waals surface area (Å²) in [6.45, 7) is 8.90. The summed E-state index contributed by atoms with van der Waals surface area (Å²) < 4.78 is 6.78. The number of para-hydroxylation sites is 1. The van der Waals surface area contributed by atoms with Crippen LogP contribution in [0.25, 0.3) is 5.69 Å². The smallest absolute Gasteiger partial charge is 0.254 e. The predicted octanol–water partition coefficient (Wildman–Crippen LogP) is 5.25. The van der Waals surface area contributed by atoms with Crippen LogP contribution in [0.5, 0.6) is 0 Å². The van der Waals surface area contributed by atoms with Crippen LogP contribution in [0.15, 0.2) is 54.6 Å². The minimum Gasteiger partial charge on any atom is -0.385 e. The van der Waals surface area contributed by atoms with Gasteiger partial charge in [-0.2, -0.15) is 5.10 Å². The molecule has 1 heterocycles. The number of nitrogens with zero attached hydrogens (tertiary/aromatic N) is 3. The molecule has 0 bridgehead atoms. The van der Waals surface area contributed by atoms with Crippen molar-refractivity contribution < 1.29 is 14.3 Å². The van der Waals surface area contributed by atoms with Gasteiger partial charge in [0.05, 0.1) is 16.4 Å². The molecule has 0 aliphatic rings. The van der Waals surface area contributed by atoms with E-state index in [-0.39, 0.29) is 23.8 Å². The first-order chi connectivity index (χ1) is 16.6. The molecule has 3 rings (SSSR count). The molecule has 3 aromatic rings. The molecule has 0 aliphatic carbocycles. The lowest BCUT2D eigenvalue weighted by Crippen LogP contribution is -2.39. The Morgan fingerprint density at radius 2 is 1.80 bits per heavy atom. The summed E-state index contributed by atoms with van der Waals surface area (Å²) in [5, 5.41) is 8.18. The van der Waals surface area contributed by atoms with E-state index in [9.17, 15) is 9.59 Å². The standard InChI is InChI=1S/C27H33ClN4O3/c1-19-11-13-20(14-12-19)26(34)31(15-8-16-35-5)18-25(33)29-24-17-23(27(2,3)4)30-32(24)22-10-7-6-9-21(22)28/h6-7,9-14,17H,8,15-16,18H2,1-5H3,(H,29,33). The van der Waals surface area contributed by atoms with Gasteiger partial charge in [0.25, 0.3) is 5.91 Å². The van der Waals surface area contributed by atoms with Gasteiger partial charge in [-0.1, -0.05) is 62.2 Å². The Kier molecular flexibility index (Phi) is 8.70. The molecule has 0 aliphatic heterocycles. The number of rotatable bonds is 9. The van der Waals surface area contributed by atoms with Gasteiger partial charge in [-0.05, 0) is 37.6 Å². The fourth-order valence-electron chi connectivity index (χ4n) is 3.53. The number of aromatic nitrogens is 2. The summed E-state index contributed by atoms with van der Waals surface area (Å²) in [6.07, 6.45) is 0.618. The highest BCUT2D eigenvalue weighted by atomic mass is 35.5. The maximum Gasteiger partial charge on any atom is 0.254 e. The SMILES string of the molecule is COCCCN(CC(=O)Nc1cc(C(C)(C)C)nn1-c1ccccc1Cl)C(=O)c1ccc(C)cc1. The molecule has 1 N–H and O–H groups in total. The molecular weight excluding hydrogens is 464 g/mol. The molecule has 0 spiro atoms. The van der Waals surface area contributed by atoms with Crippen LogP contribution in [-0.2, 0) is 14.9 Å². The minimum atomic E-state index is -0.323. The van der Waals surface area contributed by atoms with Gasteiger partial charge >= 0.3 is 0 Å². The number of carbonyl (C=O) groups is 2. The number of carbonyl (C=O) groups excluding carboxylic acids is 2. The van der Waals surface area contributed by atoms with E-state index in [1.807, 2.05) is 43.3 Å². The van der Waals surface area contributed by atoms with Gasteiger partial charge < -0.3 is 15.0 Å². The first-order valence-corrected chi connectivity index (χ1v) is 12.0. The fourth-order valence-corrected chi connectivity index (χ4v) is 3.75. The van der Waals surface area contributed by atoms with Gasteiger partial charge in [-0.3, -0.25) is 9.59 Å². The quantitative estimate of drug-likeness (QED) is 0.410. The van der Waals surface area contributed by atoms with Crippen LogP contribution in [0, 0.1) is 6.92 Å². The lowest BCUT2D eigenvalue weighted by molar-refractivity contribution is -0.117. The number of amides is 2. The van der Waals surface area contributed by atoms with Crippen LogP contribution in [0.1, 0.15) is 48.8 Å². The average molecular weight is 497 g/mol. The van der Waals surface area contributed by atoms with Crippen LogP contribution in [-0.4, -0.2) is 53.3 Å². The van der Waals surface area contributed by atoms with Crippen molar-refractivity contribution in [2.75, 3.05) is 32.1 Å². The van der Waals surface area contributed by atoms with Crippen molar-refractivity contribution in [3.63, 3.8) is 0 Å². The van der Waals surface area contributed by atoms with Crippen molar-refractivity contribution in [2.24, 2.45) is 0 Å². The van der Waals surface area contributed by atoms with E-state index in [4.69, 9.17) is 21.4 Å². The monoisotopic (exact) mass is 496 g/mol. The van der Waals surface area contributed by atoms with Crippen molar-refractivity contribution in [3.8, 4) is 5.69 Å². The maximum atomic E-state index is 13.2. The summed E-state index contributed by atoms with van der Waals surface area (Å²) in [5.74, 6) is -0.0320. The molecule has 2 aromatic carbocycles. The van der Waals surface area contributed by atoms with Crippen molar-refractivity contribution in [3.05, 3.63) is 76.4 Å². The van der Waals surface area contributed by atoms with Gasteiger partial charge in [0, 0.05) is 37.3 Å². The Morgan fingerprint density at radius 3 is 2.43 bits per heavy atom. The predicted molar refractivity (Wildman–Crippen MR) is 139 cm³/mol. The van der Waals surface area contributed by atoms with Crippen LogP contribution >= 0.6 is 11.6 Å². The number of benzene rings is 2. The molecule has 0 atom stereocenters. The Bertz CT molecular complexity index is 1170. The Hall–Kier alpha value is -3.16. The van der Waals surface area contributed by atoms with E-state index in [0.29, 0.717) is 41.7 Å². The van der Waals surface area contributed by atoms with Gasteiger partial charge in [0.2, 0.25) is 5.91 Å². The lowest BCUT2D eigenvalue weighted by atomic mass is 9.92. The van der Waals surface area contributed by atoms with Crippen LogP contribution < -0.4 is 5.32 Å². The largest absolute Gasteiger partial charge is 0.385 e. The van der Waals surface area contributed by atoms with Gasteiger partial charge in [0.1, 0.15) is 12.4 Å². The molecule has 7 nitrogen and oxygen atoms in total. The molecule has 8 heteroatoms. The average Bonchev–Trinajstić information content (AvgIpc) is 3.23. The molecule has 35 heavy (non-hydrogen) atoms. The van der Waals surface area contributed by atoms with E-state index in [1.165, 1.54) is 0 Å². The van der Waals surface area contributed by atoms with E-state index in [1.54, 1.807) is 34.9 Å². The van der Waals surface area contributed by atoms with Crippen molar-refractivity contribution in [1.82, 2.24) is 14.7 Å². The normalized spacial score (nSPS) is 11.4. The summed E-state index contributed by atoms with van der Waals surface area (Å²) >= 11 is 6.43. The van der Waals surface area contributed by atoms with E-state index >= 15 is 0 Å². The second-order valence-electron chi connectivity index (χ2n) is 9.52. The van der Waals surface area contributed by atoms with E-state index < -0.39 is 0 Å². The molecule has 0 saturated carbocycles. The zero-order valence-corrected chi connectivity index (χ0v) is 21.7. The number of halogens is 1. The number of nitrogens with one attached hydrogen (secondary N) is 1. The highest BCUT2D eigenvalue weighted by molar-refractivity contribution is 6.32. The second kappa shape index (κ2) is 11.5. The lowest BCUT2D eigenvalue weighted by Gasteiger charge is -2.22. The second-order valence-corrected chi connectivity index (χ2v) is 9.92. The summed E-state index contributed by atoms with van der Waals surface area (Å²) in [7, 11) is 1.61. The third-order valence-corrected chi connectivity index (χ3v) is 5.84. The first kappa shape index (κ1) is 26.4. The van der Waals surface area contributed by atoms with E-state index in [0.717, 1.165) is 11.3 Å². The Labute approximate surface area is 212 Å². The Morgan fingerprint density at radius 1 is 1.11 bits per heavy atom. The van der Waals surface area contributed by atoms with Crippen LogP contribution in [0.3, 0.4) is 0 Å². The summed E-state index contributed by atoms with van der Waals surface area (Å²) in [4.78, 5) is 27.9. The molecule has 186 valence electrons. The van der Waals surface area contributed by atoms with Gasteiger partial charge in [-0.25, -0.2) is 4.68 Å². The van der Waals surface area contributed by atoms with Crippen molar-refractivity contribution in [2.45, 2.75) is 39.5 Å². The zero-order valence-electron chi connectivity index (χ0n) is 21.0. The maximum absolute atomic E-state index is 13.2. The third kappa shape index (κ3) is 6.93. The van der Waals surface area contributed by atoms with Crippen molar-refractivity contribution in [1.29, 1.82) is 0 Å².